The second-order valence-electron chi connectivity index (χ2n) is 4.64. The van der Waals surface area contributed by atoms with E-state index in [9.17, 15) is 0 Å². The molecule has 8 radical (unpaired) electrons. The molecule has 0 heterocycles. The first kappa shape index (κ1) is 25.8. The molecule has 0 aromatic heterocycles. The Morgan fingerprint density at radius 3 is 0.706 bits per heavy atom. The molecule has 17 heavy (non-hydrogen) atoms. The summed E-state index contributed by atoms with van der Waals surface area (Å²) in [4.78, 5) is 0. The van der Waals surface area contributed by atoms with Crippen molar-refractivity contribution in [1.82, 2.24) is 0 Å². The van der Waals surface area contributed by atoms with Crippen molar-refractivity contribution in [2.24, 2.45) is 0 Å². The molecule has 100 valence electrons. The monoisotopic (exact) mass is 672 g/mol. The summed E-state index contributed by atoms with van der Waals surface area (Å²) >= 11 is 14.8. The van der Waals surface area contributed by atoms with Crippen molar-refractivity contribution in [3.8, 4) is 0 Å². The number of hydrogen-bond donors (Lipinski definition) is 0. The first-order valence-electron chi connectivity index (χ1n) is 5.32. The molecule has 0 N–H and O–H groups in total. The number of hydrogen-bond acceptors (Lipinski definition) is 0. The summed E-state index contributed by atoms with van der Waals surface area (Å²) in [6, 6.07) is 0. The molecule has 0 fully saturated rings. The van der Waals surface area contributed by atoms with Gasteiger partial charge in [0, 0.05) is 0 Å². The van der Waals surface area contributed by atoms with Crippen molar-refractivity contribution in [3.05, 3.63) is 0 Å². The van der Waals surface area contributed by atoms with E-state index in [2.05, 4.69) is 111 Å². The molecule has 9 heteroatoms. The van der Waals surface area contributed by atoms with Crippen LogP contribution in [0.4, 0.5) is 0 Å². The first-order valence-corrected chi connectivity index (χ1v) is 33.6. The van der Waals surface area contributed by atoms with Gasteiger partial charge in [-0.25, -0.2) is 0 Å². The fourth-order valence-electron chi connectivity index (χ4n) is 0.725. The Morgan fingerprint density at radius 1 is 0.588 bits per heavy atom. The van der Waals surface area contributed by atoms with E-state index in [4.69, 9.17) is 0 Å². The van der Waals surface area contributed by atoms with E-state index in [1.807, 2.05) is 0 Å². The van der Waals surface area contributed by atoms with Crippen LogP contribution in [0.15, 0.2) is 0 Å². The Morgan fingerprint density at radius 2 is 0.706 bits per heavy atom. The van der Waals surface area contributed by atoms with Crippen LogP contribution in [0.1, 0.15) is 0 Å². The summed E-state index contributed by atoms with van der Waals surface area (Å²) in [5.74, 6) is 9.00. The average Bonchev–Trinajstić information content (AvgIpc) is 2.02. The van der Waals surface area contributed by atoms with Gasteiger partial charge in [0.05, 0.1) is 0 Å². The van der Waals surface area contributed by atoms with Gasteiger partial charge in [0.15, 0.2) is 0 Å². The zero-order valence-corrected chi connectivity index (χ0v) is 26.2. The van der Waals surface area contributed by atoms with Gasteiger partial charge in [-0.2, -0.15) is 0 Å². The van der Waals surface area contributed by atoms with Gasteiger partial charge >= 0.3 is 158 Å². The summed E-state index contributed by atoms with van der Waals surface area (Å²) in [7, 11) is 0. The van der Waals surface area contributed by atoms with Gasteiger partial charge in [-0.15, -0.1) is 0 Å². The summed E-state index contributed by atoms with van der Waals surface area (Å²) in [5.41, 5.74) is 0. The summed E-state index contributed by atoms with van der Waals surface area (Å²) in [6.45, 7) is 9.66. The zero-order valence-electron chi connectivity index (χ0n) is 12.1. The van der Waals surface area contributed by atoms with Crippen molar-refractivity contribution < 1.29 is 0 Å². The van der Waals surface area contributed by atoms with Crippen molar-refractivity contribution in [1.29, 1.82) is 0 Å². The van der Waals surface area contributed by atoms with Crippen molar-refractivity contribution in [3.63, 3.8) is 0 Å². The van der Waals surface area contributed by atoms with Gasteiger partial charge in [-0.05, 0) is 0 Å². The first-order chi connectivity index (χ1) is 7.33. The number of rotatable bonds is 2. The standard InChI is InChI=1S/C4H12Se4Si3.2C2H6Ge/c1-9(2,5)11(7,8)10(3,4)6;2*1-3-2/h1-4H3;2*1-2H3. The molecule has 0 saturated carbocycles. The van der Waals surface area contributed by atoms with E-state index in [1.54, 1.807) is 0 Å². The maximum absolute atomic E-state index is 3.48. The van der Waals surface area contributed by atoms with Crippen molar-refractivity contribution >= 4 is 109 Å². The molecule has 0 spiro atoms. The van der Waals surface area contributed by atoms with Crippen LogP contribution in [0.3, 0.4) is 0 Å². The Kier molecular flexibility index (Phi) is 18.7. The van der Waals surface area contributed by atoms with E-state index in [0.29, 0.717) is 30.9 Å². The normalized spacial score (nSPS) is 12.0. The van der Waals surface area contributed by atoms with Gasteiger partial charge < -0.3 is 0 Å². The van der Waals surface area contributed by atoms with E-state index in [1.165, 1.54) is 0 Å². The molecular weight excluding hydrogens is 641 g/mol. The second-order valence-corrected chi connectivity index (χ2v) is 68.7. The van der Waals surface area contributed by atoms with Crippen LogP contribution in [-0.2, 0) is 0 Å². The maximum atomic E-state index is 3.48. The molecule has 0 saturated heterocycles. The quantitative estimate of drug-likeness (QED) is 0.390. The van der Waals surface area contributed by atoms with Crippen LogP contribution in [0.2, 0.25) is 49.2 Å². The molecule has 0 aromatic rings. The minimum atomic E-state index is -1.19. The predicted octanol–water partition coefficient (Wildman–Crippen LogP) is 1.24. The molecule has 0 rings (SSSR count). The zero-order chi connectivity index (χ0) is 14.9. The van der Waals surface area contributed by atoms with Gasteiger partial charge in [0.2, 0.25) is 0 Å². The fraction of sp³-hybridized carbons (Fsp3) is 1.00. The van der Waals surface area contributed by atoms with Crippen LogP contribution in [0.5, 0.6) is 0 Å². The van der Waals surface area contributed by atoms with E-state index in [0.717, 1.165) is 0 Å². The Hall–Kier alpha value is 3.81. The van der Waals surface area contributed by atoms with Gasteiger partial charge in [0.25, 0.3) is 0 Å². The van der Waals surface area contributed by atoms with Crippen molar-refractivity contribution in [2.75, 3.05) is 0 Å². The molecule has 0 aromatic carbocycles. The molecule has 0 unspecified atom stereocenters. The van der Waals surface area contributed by atoms with E-state index < -0.39 is 16.7 Å². The van der Waals surface area contributed by atoms with Gasteiger partial charge in [0.1, 0.15) is 0 Å². The molecule has 0 bridgehead atoms. The van der Waals surface area contributed by atoms with Crippen LogP contribution < -0.4 is 0 Å². The average molecular weight is 666 g/mol. The summed E-state index contributed by atoms with van der Waals surface area (Å²) < 4.78 is -1.19. The molecule has 0 nitrogen and oxygen atoms in total. The Balaban J connectivity index is -0.000000273. The topological polar surface area (TPSA) is 0 Å². The van der Waals surface area contributed by atoms with E-state index in [-0.39, 0.29) is 0 Å². The minimum absolute atomic E-state index is 0.500. The third kappa shape index (κ3) is 13.2. The second kappa shape index (κ2) is 12.4. The van der Waals surface area contributed by atoms with Crippen LogP contribution in [-0.4, -0.2) is 109 Å². The van der Waals surface area contributed by atoms with Crippen LogP contribution in [0, 0.1) is 0 Å². The van der Waals surface area contributed by atoms with Crippen LogP contribution >= 0.6 is 0 Å². The molecule has 0 aliphatic heterocycles. The summed E-state index contributed by atoms with van der Waals surface area (Å²) in [6.07, 6.45) is -2.17. The van der Waals surface area contributed by atoms with Crippen molar-refractivity contribution in [2.45, 2.75) is 49.2 Å². The Labute approximate surface area is 156 Å². The van der Waals surface area contributed by atoms with Gasteiger partial charge in [-0.1, -0.05) is 0 Å². The van der Waals surface area contributed by atoms with Crippen LogP contribution in [0.25, 0.3) is 0 Å². The summed E-state index contributed by atoms with van der Waals surface area (Å²) in [5, 5.41) is 0. The Bertz CT molecular complexity index is 163. The molecule has 0 atom stereocenters. The molecular formula is C8H24Ge2Se4Si3. The third-order valence-corrected chi connectivity index (χ3v) is 107. The fourth-order valence-corrected chi connectivity index (χ4v) is 57.3. The SMILES string of the molecule is C[Si](C)([Se])[Si]([Se])([Se])[Si](C)(C)[Se].[CH3][Ge][CH3].[CH3][Ge][CH3]. The predicted molar refractivity (Wildman–Crippen MR) is 98.7 cm³/mol. The van der Waals surface area contributed by atoms with Gasteiger partial charge in [-0.3, -0.25) is 0 Å². The third-order valence-electron chi connectivity index (χ3n) is 1.59. The molecule has 0 aliphatic rings. The molecule has 0 aliphatic carbocycles. The van der Waals surface area contributed by atoms with E-state index >= 15 is 0 Å². The molecule has 0 amide bonds.